The Morgan fingerprint density at radius 1 is 0.345 bits per heavy atom. The number of nitrogens with zero attached hydrogens (tertiary/aromatic N) is 3. The van der Waals surface area contributed by atoms with E-state index in [0.717, 1.165) is 22.3 Å². The number of aliphatic hydroxyl groups excluding tert-OH is 1. The number of hydrogen-bond donors (Lipinski definition) is 5. The highest BCUT2D eigenvalue weighted by atomic mass is 32.2. The van der Waals surface area contributed by atoms with Gasteiger partial charge in [0.2, 0.25) is 48.9 Å². The number of aliphatic carboxylic acids is 1. The van der Waals surface area contributed by atoms with Gasteiger partial charge in [0, 0.05) is 40.0 Å². The number of carbonyl (C=O) groups is 9. The number of amides is 3. The highest BCUT2D eigenvalue weighted by Crippen LogP contribution is 2.44. The first kappa shape index (κ1) is 114. The maximum atomic E-state index is 13.9. The Balaban J connectivity index is 0.000000212. The van der Waals surface area contributed by atoms with Gasteiger partial charge in [0.15, 0.2) is 16.8 Å². The van der Waals surface area contributed by atoms with E-state index in [-0.39, 0.29) is 93.0 Å². The van der Waals surface area contributed by atoms with E-state index in [4.69, 9.17) is 61.9 Å². The lowest BCUT2D eigenvalue weighted by Crippen LogP contribution is -2.64. The Labute approximate surface area is 856 Å². The molecule has 0 aromatic heterocycles. The van der Waals surface area contributed by atoms with Crippen LogP contribution in [0.3, 0.4) is 0 Å². The second kappa shape index (κ2) is 49.9. The minimum atomic E-state index is -4.06. The SMILES string of the molecule is C[C@H](OC(=O)N[C@@H](Cc1cccc(S(=O)(=O)N2CC(Oc3ccc(F)cc3)(c3ccccc3)C2)c1)C(=O)O)OC(=O)C(C)(C)C.C[C@H](OC(=O)N[C@@H](Cc1cccc(S(=O)(=O)N2CC(Oc3ccc(F)cc3)(c3ccccc3)C2)c1)C(=O)OCCO)OC(=O)C(C)(C)C.C[C@H](OC(=O)N[C@@H](Cc1cccc(S(=O)(=O)N2CC(Oc3ccc(F)cc3)(c3ccccc3)C2)c1)C(=O)OCCOCc1ccccc1)OC(=O)C(C)(C)C. The summed E-state index contributed by atoms with van der Waals surface area (Å²) in [5, 5.41) is 25.9. The number of ether oxygens (including phenoxy) is 12. The monoisotopic (exact) mass is 2100 g/mol. The fourth-order valence-corrected chi connectivity index (χ4v) is 19.8. The van der Waals surface area contributed by atoms with Crippen LogP contribution in [0.4, 0.5) is 27.6 Å². The number of nitrogens with one attached hydrogen (secondary N) is 3. The second-order valence-corrected chi connectivity index (χ2v) is 43.8. The van der Waals surface area contributed by atoms with Crippen molar-refractivity contribution in [3.8, 4) is 17.2 Å². The van der Waals surface area contributed by atoms with Crippen molar-refractivity contribution in [3.63, 3.8) is 0 Å². The molecule has 3 saturated heterocycles. The summed E-state index contributed by atoms with van der Waals surface area (Å²) in [6.45, 7) is 18.1. The van der Waals surface area contributed by atoms with E-state index in [1.54, 1.807) is 74.4 Å². The quantitative estimate of drug-likeness (QED) is 0.0103. The molecule has 0 spiro atoms. The van der Waals surface area contributed by atoms with Gasteiger partial charge < -0.3 is 83.0 Å². The van der Waals surface area contributed by atoms with Gasteiger partial charge in [-0.25, -0.2) is 67.2 Å². The molecule has 0 saturated carbocycles. The van der Waals surface area contributed by atoms with E-state index in [9.17, 15) is 86.7 Å². The van der Waals surface area contributed by atoms with Gasteiger partial charge in [0.25, 0.3) is 0 Å². The van der Waals surface area contributed by atoms with E-state index < -0.39 is 178 Å². The molecule has 3 fully saturated rings. The first-order chi connectivity index (χ1) is 69.9. The average Bonchev–Trinajstić information content (AvgIpc) is 0.737. The van der Waals surface area contributed by atoms with E-state index >= 15 is 0 Å². The van der Waals surface area contributed by atoms with Gasteiger partial charge in [0.1, 0.15) is 66.0 Å². The molecule has 3 amide bonds. The summed E-state index contributed by atoms with van der Waals surface area (Å²) < 4.78 is 193. The number of alkyl carbamates (subject to hydrolysis) is 3. The largest absolute Gasteiger partial charge is 0.480 e. The average molecular weight is 2110 g/mol. The van der Waals surface area contributed by atoms with Crippen LogP contribution >= 0.6 is 0 Å². The van der Waals surface area contributed by atoms with Crippen LogP contribution in [-0.4, -0.2) is 205 Å². The lowest BCUT2D eigenvalue weighted by Gasteiger charge is -2.48. The van der Waals surface area contributed by atoms with Gasteiger partial charge in [0.05, 0.1) is 90.0 Å². The van der Waals surface area contributed by atoms with Gasteiger partial charge in [-0.2, -0.15) is 12.9 Å². The molecule has 0 unspecified atom stereocenters. The predicted molar refractivity (Wildman–Crippen MR) is 530 cm³/mol. The van der Waals surface area contributed by atoms with Crippen molar-refractivity contribution in [3.05, 3.63) is 323 Å². The number of sulfonamides is 3. The standard InChI is InChI=1S/C41H45FN2O10S.C34H39FN2O10S.C32H35FN2O9S/c1-29(52-38(46)40(2,3)4)53-39(47)43-36(37(45)51-23-22-50-26-30-12-7-5-8-13-30)25-31-14-11-17-35(24-31)55(48,49)44-27-41(28-44,32-15-9-6-10-16-32)54-34-20-18-33(42)19-21-34;1-23(45-31(40)33(2,3)4)46-32(41)36-29(30(39)44-18-17-38)20-24-9-8-12-28(19-24)48(42,43)37-21-34(22-37,25-10-6-5-7-11-25)47-27-15-13-26(35)14-16-27;1-21(42-29(38)31(2,3)4)43-30(39)34-27(28(36)37)18-22-9-8-12-26(17-22)45(40,41)35-19-32(20-35,23-10-6-5-7-11-23)44-25-15-13-24(33)14-16-25/h5-21,24,29,36H,22-23,25-28H2,1-4H3,(H,43,47);5-16,19,23,29,38H,17-18,20-22H2,1-4H3,(H,36,41);5-17,21,27H,18-20H2,1-4H3,(H,34,39)(H,36,37)/t29-,36-;23-,29-;21-,27-/m000/s1. The number of carboxylic acids is 1. The fraction of sp³-hybridized carbons (Fsp3) is 0.355. The van der Waals surface area contributed by atoms with Crippen molar-refractivity contribution < 1.29 is 149 Å². The minimum absolute atomic E-state index is 0.0202. The zero-order valence-electron chi connectivity index (χ0n) is 83.4. The van der Waals surface area contributed by atoms with Gasteiger partial charge in [-0.15, -0.1) is 0 Å². The van der Waals surface area contributed by atoms with E-state index in [1.165, 1.54) is 167 Å². The fourth-order valence-electron chi connectivity index (χ4n) is 15.0. The highest BCUT2D eigenvalue weighted by molar-refractivity contribution is 7.89. The molecule has 10 aromatic rings. The summed E-state index contributed by atoms with van der Waals surface area (Å²) in [6, 6.07) is 66.8. The van der Waals surface area contributed by atoms with Crippen molar-refractivity contribution >= 4 is 84.2 Å². The third-order valence-electron chi connectivity index (χ3n) is 22.9. The molecular weight excluding hydrogens is 1990 g/mol. The third-order valence-corrected chi connectivity index (χ3v) is 28.3. The van der Waals surface area contributed by atoms with Crippen LogP contribution in [0.15, 0.2) is 282 Å². The summed E-state index contributed by atoms with van der Waals surface area (Å²) in [6.07, 6.45) is -7.70. The number of benzene rings is 10. The minimum Gasteiger partial charge on any atom is -0.480 e. The summed E-state index contributed by atoms with van der Waals surface area (Å²) in [7, 11) is -12.2. The summed E-state index contributed by atoms with van der Waals surface area (Å²) in [4.78, 5) is 112. The molecule has 10 aromatic carbocycles. The number of esters is 5. The molecular formula is C107H119F3N6O29S3. The number of aliphatic hydroxyl groups is 1. The van der Waals surface area contributed by atoms with Crippen LogP contribution < -0.4 is 30.2 Å². The first-order valence-corrected chi connectivity index (χ1v) is 51.3. The molecule has 6 atom stereocenters. The van der Waals surface area contributed by atoms with Crippen molar-refractivity contribution in [1.82, 2.24) is 28.9 Å². The zero-order valence-corrected chi connectivity index (χ0v) is 85.8. The van der Waals surface area contributed by atoms with E-state index in [1.807, 2.05) is 121 Å². The Bertz CT molecular complexity index is 6590. The number of carbonyl (C=O) groups excluding carboxylic acids is 8. The van der Waals surface area contributed by atoms with Crippen LogP contribution in [0.25, 0.3) is 0 Å². The van der Waals surface area contributed by atoms with E-state index in [2.05, 4.69) is 16.0 Å². The summed E-state index contributed by atoms with van der Waals surface area (Å²) in [5.41, 5.74) is -1.29. The Hall–Kier alpha value is -14.3. The summed E-state index contributed by atoms with van der Waals surface area (Å²) >= 11 is 0. The topological polar surface area (TPSA) is 453 Å². The summed E-state index contributed by atoms with van der Waals surface area (Å²) in [5.74, 6) is -5.05. The third kappa shape index (κ3) is 31.6. The Kier molecular flexibility index (Phi) is 38.4. The van der Waals surface area contributed by atoms with Crippen molar-refractivity contribution in [2.75, 3.05) is 65.7 Å². The predicted octanol–water partition coefficient (Wildman–Crippen LogP) is 14.5. The Morgan fingerprint density at radius 2 is 0.608 bits per heavy atom. The highest BCUT2D eigenvalue weighted by Gasteiger charge is 2.55. The molecule has 5 N–H and O–H groups in total. The molecule has 3 heterocycles. The number of halogens is 3. The first-order valence-electron chi connectivity index (χ1n) is 47.0. The number of hydrogen-bond acceptors (Lipinski definition) is 28. The number of rotatable bonds is 40. The van der Waals surface area contributed by atoms with Gasteiger partial charge in [-0.3, -0.25) is 14.4 Å². The Morgan fingerprint density at radius 3 is 0.885 bits per heavy atom. The van der Waals surface area contributed by atoms with Gasteiger partial charge >= 0.3 is 54.1 Å². The van der Waals surface area contributed by atoms with Crippen LogP contribution in [0.5, 0.6) is 17.2 Å². The lowest BCUT2D eigenvalue weighted by molar-refractivity contribution is -0.175. The maximum Gasteiger partial charge on any atom is 0.410 e. The van der Waals surface area contributed by atoms with Crippen molar-refractivity contribution in [2.24, 2.45) is 16.2 Å². The zero-order chi connectivity index (χ0) is 108. The molecule has 790 valence electrons. The molecule has 41 heteroatoms. The van der Waals surface area contributed by atoms with Crippen LogP contribution in [0.1, 0.15) is 122 Å². The van der Waals surface area contributed by atoms with Gasteiger partial charge in [-0.05, 0) is 210 Å². The van der Waals surface area contributed by atoms with Crippen molar-refractivity contribution in [1.29, 1.82) is 0 Å². The molecule has 0 bridgehead atoms. The molecule has 3 aliphatic heterocycles. The molecule has 0 radical (unpaired) electrons. The molecule has 0 aliphatic carbocycles. The maximum absolute atomic E-state index is 13.9. The smallest absolute Gasteiger partial charge is 0.410 e. The molecule has 148 heavy (non-hydrogen) atoms. The van der Waals surface area contributed by atoms with Gasteiger partial charge in [-0.1, -0.05) is 158 Å². The molecule has 3 aliphatic rings. The van der Waals surface area contributed by atoms with Crippen LogP contribution in [-0.2, 0) is 144 Å². The van der Waals surface area contributed by atoms with Crippen LogP contribution in [0.2, 0.25) is 0 Å². The normalized spacial score (nSPS) is 15.6. The molecule has 13 rings (SSSR count). The lowest BCUT2D eigenvalue weighted by atomic mass is 9.87. The van der Waals surface area contributed by atoms with E-state index in [0.29, 0.717) is 40.5 Å². The van der Waals surface area contributed by atoms with Crippen molar-refractivity contribution in [2.45, 2.75) is 177 Å². The molecule has 35 nitrogen and oxygen atoms in total. The second-order valence-electron chi connectivity index (χ2n) is 38.0. The van der Waals surface area contributed by atoms with Crippen LogP contribution in [0, 0.1) is 33.7 Å². The number of carboxylic acid groups (broad SMARTS) is 1.